The molecule has 2 aromatic carbocycles. The van der Waals surface area contributed by atoms with E-state index in [1.807, 2.05) is 69.3 Å². The zero-order valence-corrected chi connectivity index (χ0v) is 17.2. The van der Waals surface area contributed by atoms with E-state index in [1.165, 1.54) is 5.06 Å². The number of benzene rings is 2. The molecule has 1 atom stereocenters. The second-order valence-corrected chi connectivity index (χ2v) is 8.14. The Morgan fingerprint density at radius 3 is 2.24 bits per heavy atom. The lowest BCUT2D eigenvalue weighted by Crippen LogP contribution is -2.49. The van der Waals surface area contributed by atoms with E-state index in [4.69, 9.17) is 9.57 Å². The zero-order chi connectivity index (χ0) is 20.9. The van der Waals surface area contributed by atoms with E-state index < -0.39 is 5.60 Å². The van der Waals surface area contributed by atoms with Crippen LogP contribution in [0.1, 0.15) is 33.6 Å². The number of ether oxygens (including phenoxy) is 1. The van der Waals surface area contributed by atoms with Crippen molar-refractivity contribution in [2.45, 2.75) is 39.2 Å². The fraction of sp³-hybridized carbons (Fsp3) is 0.391. The van der Waals surface area contributed by atoms with E-state index in [1.54, 1.807) is 17.0 Å². The highest BCUT2D eigenvalue weighted by Crippen LogP contribution is 2.25. The lowest BCUT2D eigenvalue weighted by Gasteiger charge is -2.35. The first-order valence-corrected chi connectivity index (χ1v) is 9.93. The summed E-state index contributed by atoms with van der Waals surface area (Å²) in [5, 5.41) is 1.33. The van der Waals surface area contributed by atoms with Gasteiger partial charge >= 0.3 is 6.09 Å². The number of anilines is 1. The quantitative estimate of drug-likeness (QED) is 0.705. The molecule has 1 unspecified atom stereocenters. The molecule has 0 radical (unpaired) electrons. The Morgan fingerprint density at radius 2 is 1.62 bits per heavy atom. The van der Waals surface area contributed by atoms with Gasteiger partial charge in [0.1, 0.15) is 5.60 Å². The van der Waals surface area contributed by atoms with Crippen molar-refractivity contribution in [3.8, 4) is 5.75 Å². The predicted molar refractivity (Wildman–Crippen MR) is 112 cm³/mol. The largest absolute Gasteiger partial charge is 0.444 e. The molecule has 6 nitrogen and oxygen atoms in total. The molecule has 0 spiro atoms. The molecule has 0 bridgehead atoms. The molecule has 0 aromatic heterocycles. The van der Waals surface area contributed by atoms with Gasteiger partial charge in [0, 0.05) is 13.1 Å². The van der Waals surface area contributed by atoms with Crippen molar-refractivity contribution < 1.29 is 19.2 Å². The molecule has 1 aliphatic rings. The third-order valence-electron chi connectivity index (χ3n) is 4.55. The first kappa shape index (κ1) is 20.7. The first-order chi connectivity index (χ1) is 13.8. The maximum atomic E-state index is 13.4. The molecule has 2 aromatic rings. The number of hydrogen-bond donors (Lipinski definition) is 0. The van der Waals surface area contributed by atoms with Crippen LogP contribution in [-0.2, 0) is 9.53 Å². The van der Waals surface area contributed by atoms with Crippen LogP contribution in [0.25, 0.3) is 0 Å². The number of carbonyl (C=O) groups excluding carboxylic acids is 2. The van der Waals surface area contributed by atoms with Crippen molar-refractivity contribution in [2.24, 2.45) is 5.92 Å². The van der Waals surface area contributed by atoms with Gasteiger partial charge in [-0.05, 0) is 57.9 Å². The van der Waals surface area contributed by atoms with Gasteiger partial charge in [-0.1, -0.05) is 36.4 Å². The van der Waals surface area contributed by atoms with Crippen LogP contribution in [0.2, 0.25) is 0 Å². The van der Waals surface area contributed by atoms with Gasteiger partial charge in [-0.15, -0.1) is 5.06 Å². The number of hydroxylamine groups is 1. The second-order valence-electron chi connectivity index (χ2n) is 8.14. The Hall–Kier alpha value is -3.02. The standard InChI is InChI=1S/C23H28N2O4/c1-23(2,3)28-22(27)24-16-10-11-18(17-24)21(26)25(19-12-6-4-7-13-19)29-20-14-8-5-9-15-20/h4-9,12-15,18H,10-11,16-17H2,1-3H3. The lowest BCUT2D eigenvalue weighted by atomic mass is 9.97. The minimum absolute atomic E-state index is 0.173. The van der Waals surface area contributed by atoms with E-state index in [0.29, 0.717) is 30.9 Å². The maximum Gasteiger partial charge on any atom is 0.410 e. The summed E-state index contributed by atoms with van der Waals surface area (Å²) in [6.45, 7) is 6.41. The van der Waals surface area contributed by atoms with Crippen molar-refractivity contribution in [3.63, 3.8) is 0 Å². The molecular formula is C23H28N2O4. The molecule has 1 aliphatic heterocycles. The summed E-state index contributed by atoms with van der Waals surface area (Å²) in [6.07, 6.45) is 1.05. The van der Waals surface area contributed by atoms with Crippen LogP contribution in [0.3, 0.4) is 0 Å². The Balaban J connectivity index is 1.77. The van der Waals surface area contributed by atoms with Crippen molar-refractivity contribution in [2.75, 3.05) is 18.2 Å². The van der Waals surface area contributed by atoms with Gasteiger partial charge < -0.3 is 14.5 Å². The highest BCUT2D eigenvalue weighted by atomic mass is 16.7. The molecule has 0 aliphatic carbocycles. The Morgan fingerprint density at radius 1 is 1.00 bits per heavy atom. The molecule has 1 saturated heterocycles. The highest BCUT2D eigenvalue weighted by molar-refractivity contribution is 5.94. The number of rotatable bonds is 4. The van der Waals surface area contributed by atoms with E-state index in [9.17, 15) is 9.59 Å². The van der Waals surface area contributed by atoms with E-state index in [2.05, 4.69) is 0 Å². The maximum absolute atomic E-state index is 13.4. The normalized spacial score (nSPS) is 16.8. The Kier molecular flexibility index (Phi) is 6.42. The number of para-hydroxylation sites is 2. The van der Waals surface area contributed by atoms with Gasteiger partial charge in [-0.25, -0.2) is 4.79 Å². The molecule has 3 rings (SSSR count). The van der Waals surface area contributed by atoms with E-state index >= 15 is 0 Å². The summed E-state index contributed by atoms with van der Waals surface area (Å²) in [7, 11) is 0. The monoisotopic (exact) mass is 396 g/mol. The first-order valence-electron chi connectivity index (χ1n) is 9.93. The van der Waals surface area contributed by atoms with E-state index in [0.717, 1.165) is 6.42 Å². The topological polar surface area (TPSA) is 59.1 Å². The van der Waals surface area contributed by atoms with Crippen LogP contribution < -0.4 is 9.90 Å². The number of likely N-dealkylation sites (tertiary alicyclic amines) is 1. The van der Waals surface area contributed by atoms with Crippen molar-refractivity contribution in [3.05, 3.63) is 60.7 Å². The van der Waals surface area contributed by atoms with Crippen molar-refractivity contribution >= 4 is 17.7 Å². The third kappa shape index (κ3) is 5.73. The minimum Gasteiger partial charge on any atom is -0.444 e. The lowest BCUT2D eigenvalue weighted by molar-refractivity contribution is -0.128. The summed E-state index contributed by atoms with van der Waals surface area (Å²) >= 11 is 0. The molecular weight excluding hydrogens is 368 g/mol. The molecule has 0 N–H and O–H groups in total. The third-order valence-corrected chi connectivity index (χ3v) is 4.55. The van der Waals surface area contributed by atoms with E-state index in [-0.39, 0.29) is 17.9 Å². The van der Waals surface area contributed by atoms with Crippen LogP contribution in [0.15, 0.2) is 60.7 Å². The number of amides is 2. The van der Waals surface area contributed by atoms with Crippen LogP contribution in [0, 0.1) is 5.92 Å². The average molecular weight is 396 g/mol. The smallest absolute Gasteiger partial charge is 0.410 e. The number of hydrogen-bond acceptors (Lipinski definition) is 4. The van der Waals surface area contributed by atoms with Crippen LogP contribution >= 0.6 is 0 Å². The molecule has 1 heterocycles. The minimum atomic E-state index is -0.569. The number of piperidine rings is 1. The highest BCUT2D eigenvalue weighted by Gasteiger charge is 2.34. The van der Waals surface area contributed by atoms with Crippen molar-refractivity contribution in [1.82, 2.24) is 4.90 Å². The molecule has 0 saturated carbocycles. The molecule has 6 heteroatoms. The zero-order valence-electron chi connectivity index (χ0n) is 17.2. The van der Waals surface area contributed by atoms with Crippen molar-refractivity contribution in [1.29, 1.82) is 0 Å². The summed E-state index contributed by atoms with van der Waals surface area (Å²) in [5.74, 6) is 0.0398. The summed E-state index contributed by atoms with van der Waals surface area (Å²) in [4.78, 5) is 33.4. The van der Waals surface area contributed by atoms with Crippen LogP contribution in [0.4, 0.5) is 10.5 Å². The summed E-state index contributed by atoms with van der Waals surface area (Å²) < 4.78 is 5.48. The fourth-order valence-electron chi connectivity index (χ4n) is 3.21. The molecule has 29 heavy (non-hydrogen) atoms. The molecule has 1 fully saturated rings. The van der Waals surface area contributed by atoms with Gasteiger partial charge in [-0.2, -0.15) is 0 Å². The SMILES string of the molecule is CC(C)(C)OC(=O)N1CCCC(C(=O)N(Oc2ccccc2)c2ccccc2)C1. The van der Waals surface area contributed by atoms with Gasteiger partial charge in [0.05, 0.1) is 11.6 Å². The van der Waals surface area contributed by atoms with Gasteiger partial charge in [0.2, 0.25) is 0 Å². The van der Waals surface area contributed by atoms with Crippen LogP contribution in [-0.4, -0.2) is 35.6 Å². The predicted octanol–water partition coefficient (Wildman–Crippen LogP) is 4.66. The Bertz CT molecular complexity index is 818. The molecule has 154 valence electrons. The number of carbonyl (C=O) groups is 2. The fourth-order valence-corrected chi connectivity index (χ4v) is 3.21. The summed E-state index contributed by atoms with van der Waals surface area (Å²) in [6, 6.07) is 18.5. The van der Waals surface area contributed by atoms with Gasteiger partial charge in [0.25, 0.3) is 5.91 Å². The average Bonchev–Trinajstić information content (AvgIpc) is 2.72. The Labute approximate surface area is 172 Å². The van der Waals surface area contributed by atoms with Crippen LogP contribution in [0.5, 0.6) is 5.75 Å². The summed E-state index contributed by atoms with van der Waals surface area (Å²) in [5.41, 5.74) is 0.0799. The van der Waals surface area contributed by atoms with Gasteiger partial charge in [0.15, 0.2) is 5.75 Å². The van der Waals surface area contributed by atoms with Gasteiger partial charge in [-0.3, -0.25) is 4.79 Å². The number of nitrogens with zero attached hydrogens (tertiary/aromatic N) is 2. The molecule has 2 amide bonds. The second kappa shape index (κ2) is 8.99.